The Morgan fingerprint density at radius 3 is 2.50 bits per heavy atom. The lowest BCUT2D eigenvalue weighted by Crippen LogP contribution is -2.18. The number of hydrogen-bond donors (Lipinski definition) is 0. The van der Waals surface area contributed by atoms with Crippen molar-refractivity contribution in [3.8, 4) is 16.8 Å². The quantitative estimate of drug-likeness (QED) is 0.720. The first-order valence-electron chi connectivity index (χ1n) is 6.14. The standard InChI is InChI=1S/C16H11BrN2O/c17-15-9-13(12-5-4-8-18-10-12)11-19(16(15)20)14-6-2-1-3-7-14/h1-11H. The average molecular weight is 327 g/mol. The molecule has 3 nitrogen and oxygen atoms in total. The van der Waals surface area contributed by atoms with E-state index in [1.165, 1.54) is 0 Å². The molecule has 0 bridgehead atoms. The average Bonchev–Trinajstić information content (AvgIpc) is 2.51. The summed E-state index contributed by atoms with van der Waals surface area (Å²) in [7, 11) is 0. The number of rotatable bonds is 2. The molecular formula is C16H11BrN2O. The van der Waals surface area contributed by atoms with E-state index in [1.807, 2.05) is 54.7 Å². The van der Waals surface area contributed by atoms with Crippen molar-refractivity contribution < 1.29 is 0 Å². The molecule has 0 fully saturated rings. The highest BCUT2D eigenvalue weighted by Gasteiger charge is 2.07. The van der Waals surface area contributed by atoms with Crippen LogP contribution in [0.2, 0.25) is 0 Å². The Morgan fingerprint density at radius 2 is 1.80 bits per heavy atom. The van der Waals surface area contributed by atoms with E-state index in [0.29, 0.717) is 4.47 Å². The highest BCUT2D eigenvalue weighted by Crippen LogP contribution is 2.21. The van der Waals surface area contributed by atoms with E-state index in [0.717, 1.165) is 16.8 Å². The molecule has 2 aromatic heterocycles. The second kappa shape index (κ2) is 5.43. The van der Waals surface area contributed by atoms with Crippen LogP contribution in [0.15, 0.2) is 76.4 Å². The lowest BCUT2D eigenvalue weighted by Gasteiger charge is -2.09. The maximum Gasteiger partial charge on any atom is 0.269 e. The van der Waals surface area contributed by atoms with Crippen LogP contribution in [-0.2, 0) is 0 Å². The molecule has 2 heterocycles. The van der Waals surface area contributed by atoms with Crippen molar-refractivity contribution >= 4 is 15.9 Å². The zero-order valence-corrected chi connectivity index (χ0v) is 12.1. The summed E-state index contributed by atoms with van der Waals surface area (Å²) >= 11 is 3.34. The Labute approximate surface area is 124 Å². The largest absolute Gasteiger partial charge is 0.283 e. The smallest absolute Gasteiger partial charge is 0.269 e. The topological polar surface area (TPSA) is 34.9 Å². The number of para-hydroxylation sites is 1. The van der Waals surface area contributed by atoms with Gasteiger partial charge in [-0.1, -0.05) is 24.3 Å². The Kier molecular flexibility index (Phi) is 3.48. The zero-order chi connectivity index (χ0) is 13.9. The van der Waals surface area contributed by atoms with Gasteiger partial charge in [-0.15, -0.1) is 0 Å². The molecule has 98 valence electrons. The third-order valence-corrected chi connectivity index (χ3v) is 3.57. The van der Waals surface area contributed by atoms with Crippen molar-refractivity contribution in [1.82, 2.24) is 9.55 Å². The number of aromatic nitrogens is 2. The van der Waals surface area contributed by atoms with Crippen molar-refractivity contribution in [2.24, 2.45) is 0 Å². The summed E-state index contributed by atoms with van der Waals surface area (Å²) in [5.74, 6) is 0. The van der Waals surface area contributed by atoms with Crippen LogP contribution in [0.3, 0.4) is 0 Å². The first-order chi connectivity index (χ1) is 9.75. The van der Waals surface area contributed by atoms with E-state index in [4.69, 9.17) is 0 Å². The van der Waals surface area contributed by atoms with Crippen molar-refractivity contribution in [3.05, 3.63) is 81.9 Å². The first-order valence-corrected chi connectivity index (χ1v) is 6.93. The van der Waals surface area contributed by atoms with Gasteiger partial charge in [-0.05, 0) is 40.2 Å². The summed E-state index contributed by atoms with van der Waals surface area (Å²) < 4.78 is 2.16. The lowest BCUT2D eigenvalue weighted by molar-refractivity contribution is 0.982. The molecular weight excluding hydrogens is 316 g/mol. The summed E-state index contributed by atoms with van der Waals surface area (Å²) in [4.78, 5) is 16.4. The Balaban J connectivity index is 2.22. The molecule has 3 rings (SSSR count). The van der Waals surface area contributed by atoms with Crippen LogP contribution >= 0.6 is 15.9 Å². The minimum Gasteiger partial charge on any atom is -0.283 e. The molecule has 20 heavy (non-hydrogen) atoms. The molecule has 0 saturated carbocycles. The predicted octanol–water partition coefficient (Wildman–Crippen LogP) is 3.66. The second-order valence-electron chi connectivity index (χ2n) is 4.33. The molecule has 4 heteroatoms. The lowest BCUT2D eigenvalue weighted by atomic mass is 10.1. The molecule has 0 radical (unpaired) electrons. The van der Waals surface area contributed by atoms with Crippen LogP contribution in [-0.4, -0.2) is 9.55 Å². The fourth-order valence-electron chi connectivity index (χ4n) is 2.02. The van der Waals surface area contributed by atoms with Gasteiger partial charge < -0.3 is 0 Å². The molecule has 1 aromatic carbocycles. The normalized spacial score (nSPS) is 10.4. The van der Waals surface area contributed by atoms with E-state index in [9.17, 15) is 4.79 Å². The van der Waals surface area contributed by atoms with Gasteiger partial charge in [0, 0.05) is 35.4 Å². The van der Waals surface area contributed by atoms with E-state index >= 15 is 0 Å². The third-order valence-electron chi connectivity index (χ3n) is 3.00. The molecule has 0 N–H and O–H groups in total. The minimum absolute atomic E-state index is 0.0798. The molecule has 3 aromatic rings. The Morgan fingerprint density at radius 1 is 1.00 bits per heavy atom. The van der Waals surface area contributed by atoms with Crippen LogP contribution < -0.4 is 5.56 Å². The molecule has 0 amide bonds. The van der Waals surface area contributed by atoms with Crippen molar-refractivity contribution in [1.29, 1.82) is 0 Å². The first kappa shape index (κ1) is 12.8. The summed E-state index contributed by atoms with van der Waals surface area (Å²) in [6, 6.07) is 15.2. The molecule has 0 saturated heterocycles. The van der Waals surface area contributed by atoms with Gasteiger partial charge in [-0.3, -0.25) is 14.3 Å². The summed E-state index contributed by atoms with van der Waals surface area (Å²) in [5, 5.41) is 0. The molecule has 0 aliphatic heterocycles. The van der Waals surface area contributed by atoms with Crippen LogP contribution in [0.25, 0.3) is 16.8 Å². The van der Waals surface area contributed by atoms with E-state index in [-0.39, 0.29) is 5.56 Å². The van der Waals surface area contributed by atoms with Gasteiger partial charge in [0.25, 0.3) is 5.56 Å². The number of nitrogens with zero attached hydrogens (tertiary/aromatic N) is 2. The molecule has 0 aliphatic rings. The predicted molar refractivity (Wildman–Crippen MR) is 83.0 cm³/mol. The molecule has 0 atom stereocenters. The van der Waals surface area contributed by atoms with Crippen molar-refractivity contribution in [2.45, 2.75) is 0 Å². The maximum atomic E-state index is 12.3. The SMILES string of the molecule is O=c1c(Br)cc(-c2cccnc2)cn1-c1ccccc1. The van der Waals surface area contributed by atoms with Crippen LogP contribution in [0.1, 0.15) is 0 Å². The van der Waals surface area contributed by atoms with Crippen molar-refractivity contribution in [2.75, 3.05) is 0 Å². The Bertz CT molecular complexity index is 783. The number of halogens is 1. The summed E-state index contributed by atoms with van der Waals surface area (Å²) in [6.07, 6.45) is 5.34. The maximum absolute atomic E-state index is 12.3. The van der Waals surface area contributed by atoms with Crippen LogP contribution in [0, 0.1) is 0 Å². The van der Waals surface area contributed by atoms with E-state index < -0.39 is 0 Å². The fourth-order valence-corrected chi connectivity index (χ4v) is 2.46. The van der Waals surface area contributed by atoms with Gasteiger partial charge in [0.1, 0.15) is 0 Å². The molecule has 0 aliphatic carbocycles. The highest BCUT2D eigenvalue weighted by atomic mass is 79.9. The number of benzene rings is 1. The van der Waals surface area contributed by atoms with E-state index in [2.05, 4.69) is 20.9 Å². The number of hydrogen-bond acceptors (Lipinski definition) is 2. The third kappa shape index (κ3) is 2.42. The van der Waals surface area contributed by atoms with E-state index in [1.54, 1.807) is 17.0 Å². The molecule has 0 unspecified atom stereocenters. The highest BCUT2D eigenvalue weighted by molar-refractivity contribution is 9.10. The van der Waals surface area contributed by atoms with Gasteiger partial charge in [0.15, 0.2) is 0 Å². The Hall–Kier alpha value is -2.20. The second-order valence-corrected chi connectivity index (χ2v) is 5.18. The van der Waals surface area contributed by atoms with Crippen molar-refractivity contribution in [3.63, 3.8) is 0 Å². The van der Waals surface area contributed by atoms with Gasteiger partial charge in [-0.2, -0.15) is 0 Å². The fraction of sp³-hybridized carbons (Fsp3) is 0. The monoisotopic (exact) mass is 326 g/mol. The van der Waals surface area contributed by atoms with Gasteiger partial charge in [-0.25, -0.2) is 0 Å². The van der Waals surface area contributed by atoms with Gasteiger partial charge in [0.2, 0.25) is 0 Å². The summed E-state index contributed by atoms with van der Waals surface area (Å²) in [5.41, 5.74) is 2.67. The van der Waals surface area contributed by atoms with Gasteiger partial charge >= 0.3 is 0 Å². The van der Waals surface area contributed by atoms with Crippen LogP contribution in [0.5, 0.6) is 0 Å². The minimum atomic E-state index is -0.0798. The molecule has 0 spiro atoms. The summed E-state index contributed by atoms with van der Waals surface area (Å²) in [6.45, 7) is 0. The van der Waals surface area contributed by atoms with Crippen LogP contribution in [0.4, 0.5) is 0 Å². The number of pyridine rings is 2. The zero-order valence-electron chi connectivity index (χ0n) is 10.5. The van der Waals surface area contributed by atoms with Gasteiger partial charge in [0.05, 0.1) is 4.47 Å².